The number of phenols is 1. The number of hydrogen-bond donors (Lipinski definition) is 7. The molecular weight excluding hydrogens is 368 g/mol. The van der Waals surface area contributed by atoms with Crippen LogP contribution >= 0.6 is 0 Å². The SMILES string of the molecule is NC(=O)C1=C(O)C(N)C2CC3Cc4cccc(O)c4C(=O)C3=C(O)C2C1(O)O. The van der Waals surface area contributed by atoms with E-state index in [-0.39, 0.29) is 23.3 Å². The Balaban J connectivity index is 1.92. The molecule has 4 unspecified atom stereocenters. The lowest BCUT2D eigenvalue weighted by Gasteiger charge is -2.48. The molecule has 1 amide bonds. The number of carbonyl (C=O) groups excluding carboxylic acids is 2. The number of nitrogens with two attached hydrogens (primary N) is 2. The van der Waals surface area contributed by atoms with E-state index in [0.29, 0.717) is 12.0 Å². The second kappa shape index (κ2) is 5.81. The molecule has 28 heavy (non-hydrogen) atoms. The van der Waals surface area contributed by atoms with Crippen LogP contribution in [0.3, 0.4) is 0 Å². The number of allylic oxidation sites excluding steroid dienone is 1. The fourth-order valence-corrected chi connectivity index (χ4v) is 4.93. The van der Waals surface area contributed by atoms with Crippen molar-refractivity contribution in [1.29, 1.82) is 0 Å². The van der Waals surface area contributed by atoms with Gasteiger partial charge in [-0.3, -0.25) is 9.59 Å². The van der Waals surface area contributed by atoms with Crippen LogP contribution in [0.2, 0.25) is 0 Å². The third kappa shape index (κ3) is 2.24. The van der Waals surface area contributed by atoms with Gasteiger partial charge in [-0.1, -0.05) is 12.1 Å². The summed E-state index contributed by atoms with van der Waals surface area (Å²) in [5.74, 6) is -9.38. The third-order valence-corrected chi connectivity index (χ3v) is 6.11. The van der Waals surface area contributed by atoms with Crippen LogP contribution in [0, 0.1) is 17.8 Å². The summed E-state index contributed by atoms with van der Waals surface area (Å²) in [5.41, 5.74) is 10.9. The van der Waals surface area contributed by atoms with Crippen molar-refractivity contribution >= 4 is 11.7 Å². The van der Waals surface area contributed by atoms with E-state index in [1.165, 1.54) is 6.07 Å². The van der Waals surface area contributed by atoms with Gasteiger partial charge in [0, 0.05) is 5.57 Å². The first-order valence-electron chi connectivity index (χ1n) is 8.79. The monoisotopic (exact) mass is 388 g/mol. The van der Waals surface area contributed by atoms with Gasteiger partial charge in [0.15, 0.2) is 5.78 Å². The fraction of sp³-hybridized carbons (Fsp3) is 0.368. The first kappa shape index (κ1) is 18.5. The number of carbonyl (C=O) groups is 2. The molecule has 9 nitrogen and oxygen atoms in total. The van der Waals surface area contributed by atoms with E-state index < -0.39 is 58.4 Å². The van der Waals surface area contributed by atoms with Crippen LogP contribution in [0.25, 0.3) is 0 Å². The zero-order valence-electron chi connectivity index (χ0n) is 14.7. The van der Waals surface area contributed by atoms with Gasteiger partial charge in [0.1, 0.15) is 22.8 Å². The number of ketones is 1. The van der Waals surface area contributed by atoms with E-state index in [1.807, 2.05) is 0 Å². The Morgan fingerprint density at radius 1 is 1.14 bits per heavy atom. The topological polar surface area (TPSA) is 187 Å². The van der Waals surface area contributed by atoms with Gasteiger partial charge in [-0.05, 0) is 36.3 Å². The third-order valence-electron chi connectivity index (χ3n) is 6.11. The molecule has 0 saturated carbocycles. The van der Waals surface area contributed by atoms with Gasteiger partial charge in [-0.25, -0.2) is 0 Å². The molecular formula is C19H20N2O7. The van der Waals surface area contributed by atoms with Crippen LogP contribution in [0.15, 0.2) is 40.9 Å². The van der Waals surface area contributed by atoms with Gasteiger partial charge >= 0.3 is 0 Å². The van der Waals surface area contributed by atoms with Gasteiger partial charge in [-0.15, -0.1) is 0 Å². The molecule has 9 heteroatoms. The minimum atomic E-state index is -3.00. The summed E-state index contributed by atoms with van der Waals surface area (Å²) in [5, 5.41) is 52.4. The van der Waals surface area contributed by atoms with Crippen molar-refractivity contribution < 1.29 is 35.1 Å². The number of aliphatic hydroxyl groups excluding tert-OH is 2. The first-order valence-corrected chi connectivity index (χ1v) is 8.79. The molecule has 1 aromatic rings. The van der Waals surface area contributed by atoms with E-state index in [0.717, 1.165) is 0 Å². The predicted octanol–water partition coefficient (Wildman–Crippen LogP) is -0.485. The highest BCUT2D eigenvalue weighted by molar-refractivity contribution is 6.13. The number of amides is 1. The van der Waals surface area contributed by atoms with Crippen molar-refractivity contribution in [2.75, 3.05) is 0 Å². The second-order valence-corrected chi connectivity index (χ2v) is 7.59. The average Bonchev–Trinajstić information content (AvgIpc) is 2.58. The van der Waals surface area contributed by atoms with E-state index >= 15 is 0 Å². The summed E-state index contributed by atoms with van der Waals surface area (Å²) < 4.78 is 0. The molecule has 1 aromatic carbocycles. The maximum atomic E-state index is 13.0. The van der Waals surface area contributed by atoms with Crippen molar-refractivity contribution in [2.24, 2.45) is 29.2 Å². The second-order valence-electron chi connectivity index (χ2n) is 7.59. The summed E-state index contributed by atoms with van der Waals surface area (Å²) in [7, 11) is 0. The first-order chi connectivity index (χ1) is 13.1. The smallest absolute Gasteiger partial charge is 0.253 e. The highest BCUT2D eigenvalue weighted by Gasteiger charge is 2.59. The van der Waals surface area contributed by atoms with E-state index in [9.17, 15) is 35.1 Å². The Hall–Kier alpha value is -2.88. The fourth-order valence-electron chi connectivity index (χ4n) is 4.93. The number of Topliss-reactive ketones (excluding diaryl/α,β-unsaturated/α-hetero) is 1. The molecule has 0 aromatic heterocycles. The Kier molecular flexibility index (Phi) is 3.83. The zero-order valence-corrected chi connectivity index (χ0v) is 14.7. The van der Waals surface area contributed by atoms with Crippen molar-refractivity contribution in [3.05, 3.63) is 52.0 Å². The van der Waals surface area contributed by atoms with Crippen LogP contribution in [0.1, 0.15) is 22.3 Å². The van der Waals surface area contributed by atoms with Crippen molar-refractivity contribution in [3.8, 4) is 5.75 Å². The Morgan fingerprint density at radius 3 is 2.46 bits per heavy atom. The molecule has 148 valence electrons. The summed E-state index contributed by atoms with van der Waals surface area (Å²) in [4.78, 5) is 24.7. The standard InChI is InChI=1S/C19H20N2O7/c20-14-8-5-7-4-6-2-1-3-9(22)10(6)15(23)11(7)16(24)12(8)19(27,28)13(17(14)25)18(21)26/h1-3,7-8,12,14,22,24-25,27-28H,4-5,20H2,(H2,21,26). The Labute approximate surface area is 159 Å². The molecule has 3 aliphatic carbocycles. The number of hydrogen-bond acceptors (Lipinski definition) is 8. The number of primary amides is 1. The molecule has 9 N–H and O–H groups in total. The summed E-state index contributed by atoms with van der Waals surface area (Å²) in [6.45, 7) is 0. The van der Waals surface area contributed by atoms with Gasteiger partial charge in [0.25, 0.3) is 5.91 Å². The number of aromatic hydroxyl groups is 1. The molecule has 0 spiro atoms. The molecule has 0 fully saturated rings. The predicted molar refractivity (Wildman–Crippen MR) is 94.9 cm³/mol. The van der Waals surface area contributed by atoms with Crippen LogP contribution in [-0.2, 0) is 11.2 Å². The molecule has 0 heterocycles. The minimum absolute atomic E-state index is 0.0499. The molecule has 0 aliphatic heterocycles. The maximum absolute atomic E-state index is 13.0. The van der Waals surface area contributed by atoms with Gasteiger partial charge in [0.05, 0.1) is 17.5 Å². The summed E-state index contributed by atoms with van der Waals surface area (Å²) in [6.07, 6.45) is 0.479. The van der Waals surface area contributed by atoms with E-state index in [2.05, 4.69) is 0 Å². The van der Waals surface area contributed by atoms with Crippen molar-refractivity contribution in [3.63, 3.8) is 0 Å². The Bertz CT molecular complexity index is 978. The number of phenolic OH excluding ortho intramolecular Hbond substituents is 1. The van der Waals surface area contributed by atoms with Gasteiger partial charge < -0.3 is 37.0 Å². The van der Waals surface area contributed by atoms with Gasteiger partial charge in [0.2, 0.25) is 5.79 Å². The number of fused-ring (bicyclic) bond motifs is 3. The van der Waals surface area contributed by atoms with Crippen LogP contribution in [0.4, 0.5) is 0 Å². The number of benzene rings is 1. The molecule has 4 atom stereocenters. The van der Waals surface area contributed by atoms with Crippen molar-refractivity contribution in [1.82, 2.24) is 0 Å². The lowest BCUT2D eigenvalue weighted by atomic mass is 9.59. The molecule has 4 rings (SSSR count). The highest BCUT2D eigenvalue weighted by Crippen LogP contribution is 2.52. The molecule has 0 radical (unpaired) electrons. The summed E-state index contributed by atoms with van der Waals surface area (Å²) >= 11 is 0. The van der Waals surface area contributed by atoms with Crippen LogP contribution in [-0.4, -0.2) is 49.1 Å². The van der Waals surface area contributed by atoms with E-state index in [4.69, 9.17) is 11.5 Å². The summed E-state index contributed by atoms with van der Waals surface area (Å²) in [6, 6.07) is 3.47. The van der Waals surface area contributed by atoms with Crippen LogP contribution < -0.4 is 11.5 Å². The van der Waals surface area contributed by atoms with Crippen LogP contribution in [0.5, 0.6) is 5.75 Å². The van der Waals surface area contributed by atoms with Crippen molar-refractivity contribution in [2.45, 2.75) is 24.7 Å². The average molecular weight is 388 g/mol. The molecule has 0 saturated heterocycles. The highest BCUT2D eigenvalue weighted by atomic mass is 16.5. The molecule has 3 aliphatic rings. The minimum Gasteiger partial charge on any atom is -0.511 e. The van der Waals surface area contributed by atoms with Gasteiger partial charge in [-0.2, -0.15) is 0 Å². The normalized spacial score (nSPS) is 31.2. The lowest BCUT2D eigenvalue weighted by molar-refractivity contribution is -0.196. The number of rotatable bonds is 1. The number of aliphatic hydroxyl groups is 4. The lowest BCUT2D eigenvalue weighted by Crippen LogP contribution is -2.60. The maximum Gasteiger partial charge on any atom is 0.253 e. The van der Waals surface area contributed by atoms with E-state index in [1.54, 1.807) is 12.1 Å². The Morgan fingerprint density at radius 2 is 1.82 bits per heavy atom. The molecule has 0 bridgehead atoms. The quantitative estimate of drug-likeness (QED) is 0.314. The zero-order chi connectivity index (χ0) is 20.5. The largest absolute Gasteiger partial charge is 0.511 e.